The maximum absolute atomic E-state index is 5.45. The lowest BCUT2D eigenvalue weighted by Crippen LogP contribution is -2.44. The van der Waals surface area contributed by atoms with Crippen molar-refractivity contribution in [2.45, 2.75) is 45.8 Å². The van der Waals surface area contributed by atoms with E-state index in [0.29, 0.717) is 6.61 Å². The van der Waals surface area contributed by atoms with E-state index in [1.165, 1.54) is 25.1 Å². The minimum atomic E-state index is 0.514. The number of benzene rings is 1. The Kier molecular flexibility index (Phi) is 8.17. The second-order valence-corrected chi connectivity index (χ2v) is 9.54. The number of anilines is 2. The van der Waals surface area contributed by atoms with E-state index in [2.05, 4.69) is 65.2 Å². The Morgan fingerprint density at radius 2 is 1.82 bits per heavy atom. The first-order valence-electron chi connectivity index (χ1n) is 12.4. The number of aryl methyl sites for hydroxylation is 1. The number of ether oxygens (including phenoxy) is 1. The summed E-state index contributed by atoms with van der Waals surface area (Å²) in [6.45, 7) is 12.5. The molecule has 0 spiro atoms. The molecule has 0 radical (unpaired) electrons. The average Bonchev–Trinajstić information content (AvgIpc) is 3.24. The molecule has 0 aliphatic carbocycles. The van der Waals surface area contributed by atoms with Crippen molar-refractivity contribution in [3.8, 4) is 11.4 Å². The smallest absolute Gasteiger partial charge is 0.161 e. The van der Waals surface area contributed by atoms with E-state index >= 15 is 0 Å². The largest absolute Gasteiger partial charge is 0.380 e. The Morgan fingerprint density at radius 1 is 1.06 bits per heavy atom. The van der Waals surface area contributed by atoms with Gasteiger partial charge in [-0.05, 0) is 71.0 Å². The van der Waals surface area contributed by atoms with Gasteiger partial charge < -0.3 is 24.8 Å². The van der Waals surface area contributed by atoms with Crippen LogP contribution in [0.15, 0.2) is 24.3 Å². The van der Waals surface area contributed by atoms with Gasteiger partial charge in [0, 0.05) is 74.9 Å². The number of nitrogens with one attached hydrogen (secondary N) is 1. The summed E-state index contributed by atoms with van der Waals surface area (Å²) in [5, 5.41) is 3.58. The topological polar surface area (TPSA) is 56.8 Å². The summed E-state index contributed by atoms with van der Waals surface area (Å²) in [7, 11) is 3.91. The van der Waals surface area contributed by atoms with Crippen LogP contribution in [0.1, 0.15) is 37.4 Å². The van der Waals surface area contributed by atoms with Gasteiger partial charge >= 0.3 is 0 Å². The van der Waals surface area contributed by atoms with Gasteiger partial charge in [0.15, 0.2) is 5.82 Å². The molecule has 0 amide bonds. The fourth-order valence-electron chi connectivity index (χ4n) is 4.89. The Morgan fingerprint density at radius 3 is 2.48 bits per heavy atom. The van der Waals surface area contributed by atoms with E-state index in [9.17, 15) is 0 Å². The number of rotatable bonds is 9. The molecule has 7 nitrogen and oxygen atoms in total. The van der Waals surface area contributed by atoms with Crippen LogP contribution in [-0.2, 0) is 11.3 Å². The zero-order valence-corrected chi connectivity index (χ0v) is 20.8. The van der Waals surface area contributed by atoms with Crippen molar-refractivity contribution in [1.82, 2.24) is 19.8 Å². The lowest BCUT2D eigenvalue weighted by Gasteiger charge is -2.34. The molecule has 2 fully saturated rings. The third kappa shape index (κ3) is 6.02. The summed E-state index contributed by atoms with van der Waals surface area (Å²) < 4.78 is 5.45. The van der Waals surface area contributed by atoms with Crippen molar-refractivity contribution in [1.29, 1.82) is 0 Å². The number of hydrogen-bond donors (Lipinski definition) is 1. The predicted octanol–water partition coefficient (Wildman–Crippen LogP) is 3.64. The first-order valence-corrected chi connectivity index (χ1v) is 12.4. The van der Waals surface area contributed by atoms with Crippen LogP contribution in [0.5, 0.6) is 0 Å². The molecule has 0 saturated carbocycles. The molecule has 1 atom stereocenters. The normalized spacial score (nSPS) is 19.9. The van der Waals surface area contributed by atoms with Crippen LogP contribution in [0, 0.1) is 6.92 Å². The molecule has 1 aromatic heterocycles. The van der Waals surface area contributed by atoms with Gasteiger partial charge in [0.25, 0.3) is 0 Å². The molecular formula is C26H40N6O. The quantitative estimate of drug-likeness (QED) is 0.583. The second kappa shape index (κ2) is 11.3. The van der Waals surface area contributed by atoms with Gasteiger partial charge in [0.2, 0.25) is 0 Å². The van der Waals surface area contributed by atoms with Gasteiger partial charge in [-0.2, -0.15) is 0 Å². The Hall–Kier alpha value is -2.22. The molecule has 0 bridgehead atoms. The molecular weight excluding hydrogens is 412 g/mol. The summed E-state index contributed by atoms with van der Waals surface area (Å²) in [6.07, 6.45) is 3.76. The zero-order chi connectivity index (χ0) is 23.2. The highest BCUT2D eigenvalue weighted by Crippen LogP contribution is 2.26. The number of piperazine rings is 1. The van der Waals surface area contributed by atoms with Crippen LogP contribution < -0.4 is 10.2 Å². The molecule has 3 heterocycles. The maximum atomic E-state index is 5.45. The molecule has 1 N–H and O–H groups in total. The molecule has 33 heavy (non-hydrogen) atoms. The molecule has 2 aliphatic heterocycles. The van der Waals surface area contributed by atoms with Crippen molar-refractivity contribution >= 4 is 11.5 Å². The minimum Gasteiger partial charge on any atom is -0.380 e. The van der Waals surface area contributed by atoms with Crippen LogP contribution in [-0.4, -0.2) is 85.8 Å². The van der Waals surface area contributed by atoms with Crippen LogP contribution in [0.25, 0.3) is 11.4 Å². The number of likely N-dealkylation sites (tertiary alicyclic amines) is 1. The molecule has 2 aromatic rings. The van der Waals surface area contributed by atoms with E-state index in [1.807, 2.05) is 0 Å². The highest BCUT2D eigenvalue weighted by Gasteiger charge is 2.19. The minimum absolute atomic E-state index is 0.514. The third-order valence-corrected chi connectivity index (χ3v) is 7.10. The zero-order valence-electron chi connectivity index (χ0n) is 20.8. The summed E-state index contributed by atoms with van der Waals surface area (Å²) in [4.78, 5) is 17.2. The number of nitrogens with zero attached hydrogens (tertiary/aromatic N) is 5. The summed E-state index contributed by atoms with van der Waals surface area (Å²) in [5.41, 5.74) is 4.34. The molecule has 0 unspecified atom stereocenters. The van der Waals surface area contributed by atoms with Crippen molar-refractivity contribution in [3.63, 3.8) is 0 Å². The Bertz CT molecular complexity index is 894. The van der Waals surface area contributed by atoms with Gasteiger partial charge in [-0.15, -0.1) is 0 Å². The maximum Gasteiger partial charge on any atom is 0.161 e. The molecule has 2 saturated heterocycles. The first-order chi connectivity index (χ1) is 16.0. The van der Waals surface area contributed by atoms with Crippen LogP contribution >= 0.6 is 0 Å². The first kappa shape index (κ1) is 23.9. The highest BCUT2D eigenvalue weighted by atomic mass is 16.5. The lowest BCUT2D eigenvalue weighted by molar-refractivity contribution is 0.184. The van der Waals surface area contributed by atoms with Crippen molar-refractivity contribution in [3.05, 3.63) is 35.5 Å². The molecule has 180 valence electrons. The van der Waals surface area contributed by atoms with E-state index in [4.69, 9.17) is 14.7 Å². The van der Waals surface area contributed by atoms with Crippen molar-refractivity contribution in [2.75, 3.05) is 70.2 Å². The van der Waals surface area contributed by atoms with Crippen LogP contribution in [0.3, 0.4) is 0 Å². The lowest BCUT2D eigenvalue weighted by atomic mass is 10.1. The van der Waals surface area contributed by atoms with Gasteiger partial charge in [-0.25, -0.2) is 9.97 Å². The van der Waals surface area contributed by atoms with Crippen LogP contribution in [0.4, 0.5) is 11.5 Å². The second-order valence-electron chi connectivity index (χ2n) is 9.54. The van der Waals surface area contributed by atoms with Crippen LogP contribution in [0.2, 0.25) is 0 Å². The summed E-state index contributed by atoms with van der Waals surface area (Å²) >= 11 is 0. The standard InChI is InChI=1S/C26H40N6O/c1-20-7-5-13-31(20)14-6-12-27-26-24(19-33-4)21(2)28-25(29-26)22-8-10-23(11-9-22)32-17-15-30(3)16-18-32/h8-11,20H,5-7,12-19H2,1-4H3,(H,27,28,29)/t20-/m1/s1. The summed E-state index contributed by atoms with van der Waals surface area (Å²) in [5.74, 6) is 1.67. The molecule has 2 aliphatic rings. The number of aromatic nitrogens is 2. The fourth-order valence-corrected chi connectivity index (χ4v) is 4.89. The molecule has 4 rings (SSSR count). The van der Waals surface area contributed by atoms with E-state index < -0.39 is 0 Å². The van der Waals surface area contributed by atoms with E-state index in [-0.39, 0.29) is 0 Å². The third-order valence-electron chi connectivity index (χ3n) is 7.10. The molecule has 1 aromatic carbocycles. The fraction of sp³-hybridized carbons (Fsp3) is 0.615. The van der Waals surface area contributed by atoms with Gasteiger partial charge in [0.1, 0.15) is 5.82 Å². The SMILES string of the molecule is COCc1c(C)nc(-c2ccc(N3CCN(C)CC3)cc2)nc1NCCCN1CCC[C@H]1C. The van der Waals surface area contributed by atoms with Gasteiger partial charge in [0.05, 0.1) is 6.61 Å². The molecule has 7 heteroatoms. The van der Waals surface area contributed by atoms with Gasteiger partial charge in [-0.3, -0.25) is 0 Å². The number of hydrogen-bond acceptors (Lipinski definition) is 7. The Labute approximate surface area is 199 Å². The Balaban J connectivity index is 1.44. The summed E-state index contributed by atoms with van der Waals surface area (Å²) in [6, 6.07) is 9.42. The van der Waals surface area contributed by atoms with E-state index in [1.54, 1.807) is 7.11 Å². The van der Waals surface area contributed by atoms with Crippen molar-refractivity contribution < 1.29 is 4.74 Å². The van der Waals surface area contributed by atoms with E-state index in [0.717, 1.165) is 80.2 Å². The highest BCUT2D eigenvalue weighted by molar-refractivity contribution is 5.63. The van der Waals surface area contributed by atoms with Crippen molar-refractivity contribution in [2.24, 2.45) is 0 Å². The predicted molar refractivity (Wildman–Crippen MR) is 136 cm³/mol. The van der Waals surface area contributed by atoms with Gasteiger partial charge in [-0.1, -0.05) is 0 Å². The monoisotopic (exact) mass is 452 g/mol. The number of methoxy groups -OCH3 is 1. The number of likely N-dealkylation sites (N-methyl/N-ethyl adjacent to an activating group) is 1. The average molecular weight is 453 g/mol.